The van der Waals surface area contributed by atoms with E-state index in [4.69, 9.17) is 5.26 Å². The fourth-order valence-electron chi connectivity index (χ4n) is 2.32. The number of nitriles is 1. The van der Waals surface area contributed by atoms with Crippen LogP contribution in [0.4, 0.5) is 0 Å². The zero-order valence-corrected chi connectivity index (χ0v) is 9.99. The molecule has 1 heteroatoms. The molecule has 15 heavy (non-hydrogen) atoms. The molecule has 1 rings (SSSR count). The van der Waals surface area contributed by atoms with Gasteiger partial charge >= 0.3 is 0 Å². The van der Waals surface area contributed by atoms with E-state index in [0.717, 1.165) is 5.56 Å². The van der Waals surface area contributed by atoms with Crippen LogP contribution >= 0.6 is 0 Å². The average molecular weight is 201 g/mol. The van der Waals surface area contributed by atoms with Crippen LogP contribution < -0.4 is 0 Å². The Bertz CT molecular complexity index is 333. The fourth-order valence-corrected chi connectivity index (χ4v) is 2.32. The summed E-state index contributed by atoms with van der Waals surface area (Å²) in [7, 11) is 0. The Kier molecular flexibility index (Phi) is 3.91. The van der Waals surface area contributed by atoms with Crippen LogP contribution in [0.1, 0.15) is 44.7 Å². The minimum absolute atomic E-state index is 0.581. The Morgan fingerprint density at radius 3 is 1.73 bits per heavy atom. The van der Waals surface area contributed by atoms with Gasteiger partial charge in [0.05, 0.1) is 11.6 Å². The van der Waals surface area contributed by atoms with E-state index in [-0.39, 0.29) is 0 Å². The van der Waals surface area contributed by atoms with E-state index in [2.05, 4.69) is 45.9 Å². The Morgan fingerprint density at radius 1 is 0.933 bits per heavy atom. The van der Waals surface area contributed by atoms with Gasteiger partial charge in [0.1, 0.15) is 0 Å². The summed E-state index contributed by atoms with van der Waals surface area (Å²) < 4.78 is 0. The molecule has 0 N–H and O–H groups in total. The summed E-state index contributed by atoms with van der Waals surface area (Å²) in [5.74, 6) is 1.86. The van der Waals surface area contributed by atoms with Gasteiger partial charge in [-0.1, -0.05) is 39.8 Å². The van der Waals surface area contributed by atoms with Crippen molar-refractivity contribution in [3.63, 3.8) is 0 Å². The van der Waals surface area contributed by atoms with E-state index in [1.54, 1.807) is 0 Å². The Balaban J connectivity index is 2.98. The summed E-state index contributed by atoms with van der Waals surface area (Å²) in [6, 6.07) is 10.1. The van der Waals surface area contributed by atoms with Crippen LogP contribution in [0.2, 0.25) is 0 Å². The summed E-state index contributed by atoms with van der Waals surface area (Å²) in [6.45, 7) is 9.01. The van der Waals surface area contributed by atoms with Crippen LogP contribution in [-0.2, 0) is 0 Å². The largest absolute Gasteiger partial charge is 0.192 e. The van der Waals surface area contributed by atoms with Crippen LogP contribution in [-0.4, -0.2) is 0 Å². The molecule has 0 unspecified atom stereocenters. The third-order valence-corrected chi connectivity index (χ3v) is 2.86. The van der Waals surface area contributed by atoms with Crippen molar-refractivity contribution in [2.24, 2.45) is 11.8 Å². The van der Waals surface area contributed by atoms with Crippen LogP contribution in [0.3, 0.4) is 0 Å². The predicted octanol–water partition coefficient (Wildman–Crippen LogP) is 3.95. The fraction of sp³-hybridized carbons (Fsp3) is 0.500. The first-order valence-corrected chi connectivity index (χ1v) is 5.56. The lowest BCUT2D eigenvalue weighted by Gasteiger charge is -2.25. The molecular weight excluding hydrogens is 182 g/mol. The summed E-state index contributed by atoms with van der Waals surface area (Å²) >= 11 is 0. The molecule has 0 aliphatic heterocycles. The molecule has 0 heterocycles. The second kappa shape index (κ2) is 4.98. The maximum atomic E-state index is 8.74. The topological polar surface area (TPSA) is 23.8 Å². The van der Waals surface area contributed by atoms with Crippen molar-refractivity contribution in [3.05, 3.63) is 35.4 Å². The van der Waals surface area contributed by atoms with Gasteiger partial charge in [-0.2, -0.15) is 5.26 Å². The first-order chi connectivity index (χ1) is 7.06. The second-order valence-electron chi connectivity index (χ2n) is 4.75. The quantitative estimate of drug-likeness (QED) is 0.726. The van der Waals surface area contributed by atoms with Crippen molar-refractivity contribution in [1.29, 1.82) is 5.26 Å². The summed E-state index contributed by atoms with van der Waals surface area (Å²) in [6.07, 6.45) is 0. The Hall–Kier alpha value is -1.29. The van der Waals surface area contributed by atoms with E-state index >= 15 is 0 Å². The van der Waals surface area contributed by atoms with Crippen LogP contribution in [0, 0.1) is 23.2 Å². The van der Waals surface area contributed by atoms with E-state index in [0.29, 0.717) is 17.8 Å². The number of hydrogen-bond donors (Lipinski definition) is 0. The van der Waals surface area contributed by atoms with Gasteiger partial charge < -0.3 is 0 Å². The Morgan fingerprint density at radius 2 is 1.40 bits per heavy atom. The lowest BCUT2D eigenvalue weighted by atomic mass is 9.80. The highest BCUT2D eigenvalue weighted by Gasteiger charge is 2.19. The standard InChI is InChI=1S/C14H19N/c1-10(2)14(11(3)4)13-7-5-12(9-15)6-8-13/h5-8,10-11,14H,1-4H3. The number of benzene rings is 1. The van der Waals surface area contributed by atoms with Gasteiger partial charge in [0, 0.05) is 0 Å². The van der Waals surface area contributed by atoms with Crippen molar-refractivity contribution < 1.29 is 0 Å². The lowest BCUT2D eigenvalue weighted by molar-refractivity contribution is 0.388. The van der Waals surface area contributed by atoms with Crippen LogP contribution in [0.15, 0.2) is 24.3 Å². The highest BCUT2D eigenvalue weighted by molar-refractivity contribution is 5.33. The highest BCUT2D eigenvalue weighted by Crippen LogP contribution is 2.31. The van der Waals surface area contributed by atoms with Gasteiger partial charge in [0.2, 0.25) is 0 Å². The van der Waals surface area contributed by atoms with E-state index < -0.39 is 0 Å². The summed E-state index contributed by atoms with van der Waals surface area (Å²) in [4.78, 5) is 0. The maximum absolute atomic E-state index is 8.74. The molecule has 1 nitrogen and oxygen atoms in total. The predicted molar refractivity (Wildman–Crippen MR) is 63.6 cm³/mol. The molecular formula is C14H19N. The summed E-state index contributed by atoms with van der Waals surface area (Å²) in [5.41, 5.74) is 2.09. The second-order valence-corrected chi connectivity index (χ2v) is 4.75. The highest BCUT2D eigenvalue weighted by atomic mass is 14.3. The van der Waals surface area contributed by atoms with E-state index in [1.807, 2.05) is 12.1 Å². The van der Waals surface area contributed by atoms with Crippen molar-refractivity contribution in [3.8, 4) is 6.07 Å². The van der Waals surface area contributed by atoms with Crippen LogP contribution in [0.5, 0.6) is 0 Å². The van der Waals surface area contributed by atoms with Gasteiger partial charge in [0.15, 0.2) is 0 Å². The van der Waals surface area contributed by atoms with Gasteiger partial charge in [-0.05, 0) is 35.4 Å². The molecule has 0 saturated heterocycles. The number of hydrogen-bond acceptors (Lipinski definition) is 1. The zero-order chi connectivity index (χ0) is 11.4. The normalized spacial score (nSPS) is 11.1. The zero-order valence-electron chi connectivity index (χ0n) is 9.99. The average Bonchev–Trinajstić information content (AvgIpc) is 2.18. The summed E-state index contributed by atoms with van der Waals surface area (Å²) in [5, 5.41) is 8.74. The molecule has 1 aromatic carbocycles. The number of rotatable bonds is 3. The van der Waals surface area contributed by atoms with Gasteiger partial charge in [-0.25, -0.2) is 0 Å². The van der Waals surface area contributed by atoms with Gasteiger partial charge in [-0.3, -0.25) is 0 Å². The van der Waals surface area contributed by atoms with E-state index in [1.165, 1.54) is 5.56 Å². The smallest absolute Gasteiger partial charge is 0.0991 e. The lowest BCUT2D eigenvalue weighted by Crippen LogP contribution is -2.13. The SMILES string of the molecule is CC(C)C(c1ccc(C#N)cc1)C(C)C. The minimum atomic E-state index is 0.581. The van der Waals surface area contributed by atoms with Crippen molar-refractivity contribution in [2.75, 3.05) is 0 Å². The molecule has 0 aromatic heterocycles. The molecule has 0 aliphatic carbocycles. The molecule has 0 aliphatic rings. The molecule has 0 bridgehead atoms. The molecule has 1 aromatic rings. The Labute approximate surface area is 92.7 Å². The van der Waals surface area contributed by atoms with Crippen molar-refractivity contribution in [1.82, 2.24) is 0 Å². The molecule has 0 atom stereocenters. The maximum Gasteiger partial charge on any atom is 0.0991 e. The van der Waals surface area contributed by atoms with Crippen molar-refractivity contribution >= 4 is 0 Å². The molecule has 0 spiro atoms. The third-order valence-electron chi connectivity index (χ3n) is 2.86. The first kappa shape index (κ1) is 11.8. The molecule has 0 radical (unpaired) electrons. The van der Waals surface area contributed by atoms with E-state index in [9.17, 15) is 0 Å². The third kappa shape index (κ3) is 2.83. The molecule has 0 saturated carbocycles. The molecule has 80 valence electrons. The molecule has 0 amide bonds. The monoisotopic (exact) mass is 201 g/mol. The number of nitrogens with zero attached hydrogens (tertiary/aromatic N) is 1. The first-order valence-electron chi connectivity index (χ1n) is 5.56. The van der Waals surface area contributed by atoms with Crippen LogP contribution in [0.25, 0.3) is 0 Å². The molecule has 0 fully saturated rings. The van der Waals surface area contributed by atoms with Crippen molar-refractivity contribution in [2.45, 2.75) is 33.6 Å². The minimum Gasteiger partial charge on any atom is -0.192 e. The van der Waals surface area contributed by atoms with Gasteiger partial charge in [-0.15, -0.1) is 0 Å². The van der Waals surface area contributed by atoms with Gasteiger partial charge in [0.25, 0.3) is 0 Å².